The molecular formula is C12H18N2O6. The third-order valence-electron chi connectivity index (χ3n) is 2.63. The van der Waals surface area contributed by atoms with Crippen molar-refractivity contribution in [1.82, 2.24) is 5.43 Å². The minimum atomic E-state index is -1.97. The molecule has 0 saturated carbocycles. The first-order chi connectivity index (χ1) is 9.47. The number of rotatable bonds is 7. The van der Waals surface area contributed by atoms with Gasteiger partial charge in [0.15, 0.2) is 6.10 Å². The number of hydrogen-bond acceptors (Lipinski definition) is 7. The van der Waals surface area contributed by atoms with Gasteiger partial charge in [0.1, 0.15) is 18.3 Å². The summed E-state index contributed by atoms with van der Waals surface area (Å²) in [6.45, 7) is -0.811. The van der Waals surface area contributed by atoms with Crippen LogP contribution in [0.3, 0.4) is 0 Å². The van der Waals surface area contributed by atoms with Crippen molar-refractivity contribution in [3.05, 3.63) is 30.3 Å². The van der Waals surface area contributed by atoms with E-state index in [4.69, 9.17) is 10.2 Å². The molecule has 0 saturated heterocycles. The molecule has 0 spiro atoms. The second-order valence-corrected chi connectivity index (χ2v) is 4.16. The van der Waals surface area contributed by atoms with Crippen LogP contribution in [0.2, 0.25) is 0 Å². The lowest BCUT2D eigenvalue weighted by atomic mass is 10.0. The molecule has 8 heteroatoms. The fraction of sp³-hybridized carbons (Fsp3) is 0.417. The van der Waals surface area contributed by atoms with Gasteiger partial charge in [-0.05, 0) is 12.1 Å². The normalized spacial score (nSPS) is 16.9. The van der Waals surface area contributed by atoms with E-state index in [2.05, 4.69) is 10.9 Å². The van der Waals surface area contributed by atoms with Crippen LogP contribution in [0.15, 0.2) is 30.3 Å². The van der Waals surface area contributed by atoms with Crippen LogP contribution in [0.4, 0.5) is 5.69 Å². The van der Waals surface area contributed by atoms with Crippen molar-refractivity contribution in [2.75, 3.05) is 12.0 Å². The van der Waals surface area contributed by atoms with Gasteiger partial charge in [-0.1, -0.05) is 18.2 Å². The second-order valence-electron chi connectivity index (χ2n) is 4.16. The molecule has 0 aliphatic rings. The monoisotopic (exact) mass is 286 g/mol. The largest absolute Gasteiger partial charge is 0.394 e. The third-order valence-corrected chi connectivity index (χ3v) is 2.63. The van der Waals surface area contributed by atoms with Crippen molar-refractivity contribution in [2.45, 2.75) is 24.4 Å². The van der Waals surface area contributed by atoms with Crippen molar-refractivity contribution in [2.24, 2.45) is 0 Å². The van der Waals surface area contributed by atoms with E-state index < -0.39 is 36.9 Å². The standard InChI is InChI=1S/C12H18N2O6/c15-6-8(16)9(17)10(18)11(19)12(20)14-13-7-4-2-1-3-5-7/h1-5,8-11,13,15-19H,6H2,(H,14,20)/t8-,9+,10-,11-/m1/s1. The maximum Gasteiger partial charge on any atom is 0.269 e. The van der Waals surface area contributed by atoms with E-state index in [9.17, 15) is 20.1 Å². The lowest BCUT2D eigenvalue weighted by Gasteiger charge is -2.25. The number of hydrazine groups is 1. The Morgan fingerprint density at radius 2 is 1.65 bits per heavy atom. The zero-order chi connectivity index (χ0) is 15.1. The van der Waals surface area contributed by atoms with E-state index in [0.29, 0.717) is 5.69 Å². The number of anilines is 1. The molecule has 1 amide bonds. The molecule has 0 aliphatic heterocycles. The Morgan fingerprint density at radius 3 is 2.20 bits per heavy atom. The predicted octanol–water partition coefficient (Wildman–Crippen LogP) is -2.43. The van der Waals surface area contributed by atoms with E-state index in [1.165, 1.54) is 0 Å². The number of nitrogens with one attached hydrogen (secondary N) is 2. The SMILES string of the molecule is O=C(NNc1ccccc1)[C@H](O)[C@H](O)[C@@H](O)[C@H](O)CO. The zero-order valence-corrected chi connectivity index (χ0v) is 10.5. The summed E-state index contributed by atoms with van der Waals surface area (Å²) < 4.78 is 0. The smallest absolute Gasteiger partial charge is 0.269 e. The first-order valence-electron chi connectivity index (χ1n) is 5.91. The molecule has 4 atom stereocenters. The highest BCUT2D eigenvalue weighted by Gasteiger charge is 2.34. The van der Waals surface area contributed by atoms with Crippen LogP contribution < -0.4 is 10.9 Å². The van der Waals surface area contributed by atoms with Gasteiger partial charge in [0.05, 0.1) is 12.3 Å². The molecular weight excluding hydrogens is 268 g/mol. The number of benzene rings is 1. The van der Waals surface area contributed by atoms with Gasteiger partial charge in [0.2, 0.25) is 0 Å². The number of carbonyl (C=O) groups is 1. The Kier molecular flexibility index (Phi) is 6.36. The van der Waals surface area contributed by atoms with E-state index in [0.717, 1.165) is 0 Å². The van der Waals surface area contributed by atoms with Crippen LogP contribution in [-0.4, -0.2) is 62.5 Å². The zero-order valence-electron chi connectivity index (χ0n) is 10.5. The molecule has 1 aromatic carbocycles. The van der Waals surface area contributed by atoms with Crippen LogP contribution in [0.1, 0.15) is 0 Å². The number of aliphatic hydroxyl groups excluding tert-OH is 5. The van der Waals surface area contributed by atoms with Crippen LogP contribution in [0.5, 0.6) is 0 Å². The molecule has 8 nitrogen and oxygen atoms in total. The molecule has 0 fully saturated rings. The maximum atomic E-state index is 11.5. The highest BCUT2D eigenvalue weighted by atomic mass is 16.4. The summed E-state index contributed by atoms with van der Waals surface area (Å²) in [6, 6.07) is 8.54. The third kappa shape index (κ3) is 4.44. The van der Waals surface area contributed by atoms with E-state index in [-0.39, 0.29) is 0 Å². The number of hydrogen-bond donors (Lipinski definition) is 7. The van der Waals surface area contributed by atoms with Gasteiger partial charge in [0, 0.05) is 0 Å². The van der Waals surface area contributed by atoms with Crippen molar-refractivity contribution in [1.29, 1.82) is 0 Å². The van der Waals surface area contributed by atoms with Crippen molar-refractivity contribution in [3.8, 4) is 0 Å². The molecule has 0 bridgehead atoms. The summed E-state index contributed by atoms with van der Waals surface area (Å²) in [6.07, 6.45) is -7.41. The van der Waals surface area contributed by atoms with Crippen LogP contribution in [0, 0.1) is 0 Å². The summed E-state index contributed by atoms with van der Waals surface area (Å²) in [4.78, 5) is 11.5. The van der Waals surface area contributed by atoms with Gasteiger partial charge in [-0.25, -0.2) is 0 Å². The summed E-state index contributed by atoms with van der Waals surface area (Å²) in [5.74, 6) is -0.995. The Balaban J connectivity index is 2.50. The van der Waals surface area contributed by atoms with Gasteiger partial charge < -0.3 is 25.5 Å². The molecule has 112 valence electrons. The Labute approximate surface area is 115 Å². The highest BCUT2D eigenvalue weighted by molar-refractivity contribution is 5.82. The molecule has 0 aliphatic carbocycles. The Morgan fingerprint density at radius 1 is 1.05 bits per heavy atom. The molecule has 0 radical (unpaired) electrons. The van der Waals surface area contributed by atoms with Crippen molar-refractivity contribution in [3.63, 3.8) is 0 Å². The van der Waals surface area contributed by atoms with Gasteiger partial charge >= 0.3 is 0 Å². The van der Waals surface area contributed by atoms with Gasteiger partial charge in [-0.3, -0.25) is 15.6 Å². The molecule has 1 rings (SSSR count). The highest BCUT2D eigenvalue weighted by Crippen LogP contribution is 2.06. The molecule has 7 N–H and O–H groups in total. The quantitative estimate of drug-likeness (QED) is 0.276. The Hall–Kier alpha value is -1.71. The molecule has 0 unspecified atom stereocenters. The van der Waals surface area contributed by atoms with E-state index in [1.54, 1.807) is 30.3 Å². The second kappa shape index (κ2) is 7.78. The minimum Gasteiger partial charge on any atom is -0.394 e. The van der Waals surface area contributed by atoms with Crippen molar-refractivity contribution >= 4 is 11.6 Å². The van der Waals surface area contributed by atoms with E-state index >= 15 is 0 Å². The van der Waals surface area contributed by atoms with Crippen molar-refractivity contribution < 1.29 is 30.3 Å². The predicted molar refractivity (Wildman–Crippen MR) is 69.3 cm³/mol. The van der Waals surface area contributed by atoms with Gasteiger partial charge in [-0.15, -0.1) is 0 Å². The summed E-state index contributed by atoms with van der Waals surface area (Å²) in [5, 5.41) is 46.1. The Bertz CT molecular complexity index is 416. The number of amides is 1. The molecule has 1 aromatic rings. The molecule has 0 heterocycles. The van der Waals surface area contributed by atoms with Crippen LogP contribution >= 0.6 is 0 Å². The minimum absolute atomic E-state index is 0.554. The maximum absolute atomic E-state index is 11.5. The molecule has 20 heavy (non-hydrogen) atoms. The summed E-state index contributed by atoms with van der Waals surface area (Å²) in [5.41, 5.74) is 5.19. The summed E-state index contributed by atoms with van der Waals surface area (Å²) >= 11 is 0. The fourth-order valence-corrected chi connectivity index (χ4v) is 1.41. The number of para-hydroxylation sites is 1. The first-order valence-corrected chi connectivity index (χ1v) is 5.91. The van der Waals surface area contributed by atoms with Gasteiger partial charge in [0.25, 0.3) is 5.91 Å². The topological polar surface area (TPSA) is 142 Å². The number of carbonyl (C=O) groups excluding carboxylic acids is 1. The van der Waals surface area contributed by atoms with Crippen LogP contribution in [-0.2, 0) is 4.79 Å². The first kappa shape index (κ1) is 16.3. The lowest BCUT2D eigenvalue weighted by Crippen LogP contribution is -2.52. The number of aliphatic hydroxyl groups is 5. The molecule has 0 aromatic heterocycles. The van der Waals surface area contributed by atoms with Gasteiger partial charge in [-0.2, -0.15) is 0 Å². The average Bonchev–Trinajstić information content (AvgIpc) is 2.50. The summed E-state index contributed by atoms with van der Waals surface area (Å²) in [7, 11) is 0. The lowest BCUT2D eigenvalue weighted by molar-refractivity contribution is -0.148. The van der Waals surface area contributed by atoms with E-state index in [1.807, 2.05) is 0 Å². The average molecular weight is 286 g/mol. The van der Waals surface area contributed by atoms with Crippen LogP contribution in [0.25, 0.3) is 0 Å². The fourth-order valence-electron chi connectivity index (χ4n) is 1.41.